The first kappa shape index (κ1) is 22.4. The van der Waals surface area contributed by atoms with Gasteiger partial charge in [-0.15, -0.1) is 0 Å². The van der Waals surface area contributed by atoms with E-state index < -0.39 is 46.1 Å². The molecule has 7 nitrogen and oxygen atoms in total. The van der Waals surface area contributed by atoms with Gasteiger partial charge in [0, 0.05) is 18.2 Å². The van der Waals surface area contributed by atoms with E-state index in [9.17, 15) is 27.5 Å². The summed E-state index contributed by atoms with van der Waals surface area (Å²) in [6.07, 6.45) is 0.102. The van der Waals surface area contributed by atoms with Gasteiger partial charge in [0.1, 0.15) is 11.4 Å². The maximum atomic E-state index is 13.9. The lowest BCUT2D eigenvalue weighted by Crippen LogP contribution is -2.36. The van der Waals surface area contributed by atoms with Gasteiger partial charge in [-0.05, 0) is 35.0 Å². The maximum Gasteiger partial charge on any atom is 0.298 e. The van der Waals surface area contributed by atoms with Gasteiger partial charge in [-0.25, -0.2) is 17.6 Å². The predicted octanol–water partition coefficient (Wildman–Crippen LogP) is 3.10. The van der Waals surface area contributed by atoms with Crippen LogP contribution >= 0.6 is 11.8 Å². The standard InChI is InChI=1S/C19H15F4N3O4S/c1-3-13(17(27)24-16-14(22)11(20)8-12(21)15(16)23)31-18-19(28)30-25-26(18)9-4-6-10(29-2)7-5-9/h4-8,13H,3H2,1-2H3,(H-,24,25,27,28). The van der Waals surface area contributed by atoms with E-state index in [4.69, 9.17) is 4.74 Å². The second-order valence-electron chi connectivity index (χ2n) is 6.12. The largest absolute Gasteiger partial charge is 0.538 e. The van der Waals surface area contributed by atoms with Crippen molar-refractivity contribution in [2.75, 3.05) is 12.4 Å². The Morgan fingerprint density at radius 1 is 1.23 bits per heavy atom. The first-order valence-corrected chi connectivity index (χ1v) is 9.68. The molecule has 0 saturated carbocycles. The van der Waals surface area contributed by atoms with Crippen molar-refractivity contribution in [3.05, 3.63) is 53.6 Å². The summed E-state index contributed by atoms with van der Waals surface area (Å²) in [5, 5.41) is 16.5. The Labute approximate surface area is 177 Å². The molecule has 0 aliphatic rings. The van der Waals surface area contributed by atoms with E-state index >= 15 is 0 Å². The second-order valence-corrected chi connectivity index (χ2v) is 7.31. The van der Waals surface area contributed by atoms with E-state index in [-0.39, 0.29) is 17.5 Å². The molecule has 1 unspecified atom stereocenters. The summed E-state index contributed by atoms with van der Waals surface area (Å²) in [5.74, 6) is -8.06. The first-order valence-electron chi connectivity index (χ1n) is 8.80. The van der Waals surface area contributed by atoms with Crippen LogP contribution in [0.25, 0.3) is 5.69 Å². The van der Waals surface area contributed by atoms with Crippen molar-refractivity contribution in [3.8, 4) is 17.4 Å². The molecule has 0 saturated heterocycles. The molecule has 1 amide bonds. The van der Waals surface area contributed by atoms with Crippen LogP contribution < -0.4 is 19.8 Å². The Kier molecular flexibility index (Phi) is 6.68. The smallest absolute Gasteiger partial charge is 0.298 e. The van der Waals surface area contributed by atoms with E-state index in [1.807, 2.05) is 5.32 Å². The number of halogens is 4. The summed E-state index contributed by atoms with van der Waals surface area (Å²) >= 11 is 0.719. The van der Waals surface area contributed by atoms with Crippen LogP contribution in [0.15, 0.2) is 39.9 Å². The number of benzene rings is 2. The molecular formula is C19H15F4N3O4S. The third-order valence-corrected chi connectivity index (χ3v) is 5.56. The molecule has 1 heterocycles. The molecule has 0 fully saturated rings. The molecule has 0 aliphatic carbocycles. The molecule has 2 aromatic carbocycles. The number of nitrogens with zero attached hydrogens (tertiary/aromatic N) is 2. The van der Waals surface area contributed by atoms with Gasteiger partial charge in [0.05, 0.1) is 17.6 Å². The quantitative estimate of drug-likeness (QED) is 0.254. The van der Waals surface area contributed by atoms with Crippen LogP contribution in [0, 0.1) is 23.3 Å². The molecule has 3 rings (SSSR count). The molecule has 31 heavy (non-hydrogen) atoms. The van der Waals surface area contributed by atoms with Gasteiger partial charge >= 0.3 is 0 Å². The number of rotatable bonds is 7. The Morgan fingerprint density at radius 2 is 1.84 bits per heavy atom. The predicted molar refractivity (Wildman–Crippen MR) is 98.9 cm³/mol. The van der Waals surface area contributed by atoms with Crippen LogP contribution in [0.5, 0.6) is 11.7 Å². The Balaban J connectivity index is 1.87. The van der Waals surface area contributed by atoms with Crippen LogP contribution in [0.3, 0.4) is 0 Å². The fourth-order valence-corrected chi connectivity index (χ4v) is 3.54. The van der Waals surface area contributed by atoms with Gasteiger partial charge in [-0.3, -0.25) is 4.79 Å². The molecule has 1 aromatic heterocycles. The normalized spacial score (nSPS) is 11.9. The number of anilines is 1. The number of ether oxygens (including phenoxy) is 1. The molecule has 12 heteroatoms. The molecule has 0 bridgehead atoms. The fourth-order valence-electron chi connectivity index (χ4n) is 2.57. The number of hydrogen-bond donors (Lipinski definition) is 1. The van der Waals surface area contributed by atoms with Crippen molar-refractivity contribution in [1.82, 2.24) is 5.27 Å². The van der Waals surface area contributed by atoms with E-state index in [0.717, 1.165) is 16.4 Å². The third-order valence-electron chi connectivity index (χ3n) is 4.17. The van der Waals surface area contributed by atoms with Crippen molar-refractivity contribution in [2.45, 2.75) is 23.6 Å². The molecule has 164 valence electrons. The average molecular weight is 457 g/mol. The minimum Gasteiger partial charge on any atom is -0.538 e. The molecule has 0 spiro atoms. The zero-order chi connectivity index (χ0) is 22.7. The number of methoxy groups -OCH3 is 1. The number of nitrogens with one attached hydrogen (secondary N) is 1. The summed E-state index contributed by atoms with van der Waals surface area (Å²) in [6.45, 7) is 1.58. The summed E-state index contributed by atoms with van der Waals surface area (Å²) < 4.78 is 65.4. The first-order chi connectivity index (χ1) is 14.8. The van der Waals surface area contributed by atoms with E-state index in [0.29, 0.717) is 11.4 Å². The highest BCUT2D eigenvalue weighted by atomic mass is 32.2. The fraction of sp³-hybridized carbons (Fsp3) is 0.211. The van der Waals surface area contributed by atoms with Crippen molar-refractivity contribution in [3.63, 3.8) is 0 Å². The van der Waals surface area contributed by atoms with Gasteiger partial charge in [0.25, 0.3) is 5.03 Å². The summed E-state index contributed by atoms with van der Waals surface area (Å²) in [7, 11) is 1.48. The summed E-state index contributed by atoms with van der Waals surface area (Å²) in [5.41, 5.74) is -0.828. The number of carbonyl (C=O) groups is 1. The van der Waals surface area contributed by atoms with Crippen LogP contribution in [0.4, 0.5) is 23.2 Å². The topological polar surface area (TPSA) is 91.3 Å². The Hall–Kier alpha value is -3.28. The SMILES string of the molecule is CCC(Sc1c([O-])on[n+]1-c1ccc(OC)cc1)C(=O)Nc1c(F)c(F)cc(F)c1F. The molecule has 1 N–H and O–H groups in total. The van der Waals surface area contributed by atoms with Crippen molar-refractivity contribution in [1.29, 1.82) is 0 Å². The second kappa shape index (κ2) is 9.25. The van der Waals surface area contributed by atoms with Crippen LogP contribution in [-0.4, -0.2) is 23.5 Å². The number of aromatic nitrogens is 2. The van der Waals surface area contributed by atoms with E-state index in [1.54, 1.807) is 31.2 Å². The Morgan fingerprint density at radius 3 is 2.39 bits per heavy atom. The molecule has 3 aromatic rings. The zero-order valence-corrected chi connectivity index (χ0v) is 16.9. The average Bonchev–Trinajstić information content (AvgIpc) is 3.13. The summed E-state index contributed by atoms with van der Waals surface area (Å²) in [4.78, 5) is 12.6. The lowest BCUT2D eigenvalue weighted by molar-refractivity contribution is -0.705. The molecular weight excluding hydrogens is 442 g/mol. The Bertz CT molecular complexity index is 1080. The van der Waals surface area contributed by atoms with E-state index in [1.165, 1.54) is 7.11 Å². The number of hydrogen-bond acceptors (Lipinski definition) is 6. The minimum atomic E-state index is -1.74. The monoisotopic (exact) mass is 457 g/mol. The minimum absolute atomic E-state index is 0.0327. The molecule has 0 radical (unpaired) electrons. The highest BCUT2D eigenvalue weighted by Gasteiger charge is 2.30. The lowest BCUT2D eigenvalue weighted by atomic mass is 10.2. The maximum absolute atomic E-state index is 13.9. The van der Waals surface area contributed by atoms with Gasteiger partial charge in [-0.2, -0.15) is 0 Å². The van der Waals surface area contributed by atoms with Crippen LogP contribution in [0.1, 0.15) is 13.3 Å². The van der Waals surface area contributed by atoms with Crippen LogP contribution in [-0.2, 0) is 4.79 Å². The summed E-state index contributed by atoms with van der Waals surface area (Å²) in [6, 6.07) is 6.44. The highest BCUT2D eigenvalue weighted by Crippen LogP contribution is 2.31. The van der Waals surface area contributed by atoms with Crippen LogP contribution in [0.2, 0.25) is 0 Å². The van der Waals surface area contributed by atoms with Gasteiger partial charge in [0.2, 0.25) is 11.6 Å². The number of thioether (sulfide) groups is 1. The van der Waals surface area contributed by atoms with Crippen molar-refractivity contribution >= 4 is 23.4 Å². The van der Waals surface area contributed by atoms with Gasteiger partial charge < -0.3 is 19.7 Å². The number of carbonyl (C=O) groups excluding carboxylic acids is 1. The third kappa shape index (κ3) is 4.58. The van der Waals surface area contributed by atoms with Crippen molar-refractivity contribution < 1.29 is 41.4 Å². The van der Waals surface area contributed by atoms with Gasteiger partial charge in [0.15, 0.2) is 29.2 Å². The highest BCUT2D eigenvalue weighted by molar-refractivity contribution is 8.00. The molecule has 1 atom stereocenters. The zero-order valence-electron chi connectivity index (χ0n) is 16.1. The van der Waals surface area contributed by atoms with E-state index in [2.05, 4.69) is 9.79 Å². The van der Waals surface area contributed by atoms with Crippen molar-refractivity contribution in [2.24, 2.45) is 0 Å². The molecule has 0 aliphatic heterocycles. The number of amides is 1. The van der Waals surface area contributed by atoms with Gasteiger partial charge in [-0.1, -0.05) is 6.92 Å². The lowest BCUT2D eigenvalue weighted by Gasteiger charge is -2.14.